The number of nitro benzene ring substituents is 1. The minimum Gasteiger partial charge on any atom is -0.493 e. The molecule has 172 valence electrons. The van der Waals surface area contributed by atoms with Gasteiger partial charge in [0.05, 0.1) is 26.3 Å². The van der Waals surface area contributed by atoms with Crippen LogP contribution in [0.4, 0.5) is 11.4 Å². The fourth-order valence-electron chi connectivity index (χ4n) is 4.11. The van der Waals surface area contributed by atoms with Crippen molar-refractivity contribution in [2.45, 2.75) is 25.8 Å². The van der Waals surface area contributed by atoms with E-state index in [-0.39, 0.29) is 22.8 Å². The zero-order valence-electron chi connectivity index (χ0n) is 18.9. The van der Waals surface area contributed by atoms with E-state index in [0.29, 0.717) is 6.54 Å². The number of hydrogen-bond donors (Lipinski definition) is 0. The van der Waals surface area contributed by atoms with Crippen LogP contribution in [0.1, 0.15) is 35.2 Å². The third-order valence-electron chi connectivity index (χ3n) is 5.66. The Morgan fingerprint density at radius 3 is 2.31 bits per heavy atom. The van der Waals surface area contributed by atoms with Gasteiger partial charge >= 0.3 is 5.69 Å². The first-order valence-corrected chi connectivity index (χ1v) is 10.5. The Morgan fingerprint density at radius 2 is 1.72 bits per heavy atom. The molecule has 3 rings (SSSR count). The number of piperidine rings is 1. The molecule has 0 atom stereocenters. The normalized spacial score (nSPS) is 13.4. The van der Waals surface area contributed by atoms with Gasteiger partial charge in [0, 0.05) is 38.4 Å². The summed E-state index contributed by atoms with van der Waals surface area (Å²) < 4.78 is 15.8. The van der Waals surface area contributed by atoms with Gasteiger partial charge < -0.3 is 24.0 Å². The molecule has 0 radical (unpaired) electrons. The number of nitro groups is 1. The molecule has 0 bridgehead atoms. The Morgan fingerprint density at radius 1 is 1.06 bits per heavy atom. The minimum absolute atomic E-state index is 0.0661. The first kappa shape index (κ1) is 23.2. The van der Waals surface area contributed by atoms with Gasteiger partial charge in [0.15, 0.2) is 5.75 Å². The summed E-state index contributed by atoms with van der Waals surface area (Å²) in [5.41, 5.74) is 1.50. The fourth-order valence-corrected chi connectivity index (χ4v) is 4.11. The second-order valence-electron chi connectivity index (χ2n) is 7.64. The van der Waals surface area contributed by atoms with Crippen LogP contribution in [0.5, 0.6) is 17.2 Å². The quantitative estimate of drug-likeness (QED) is 0.451. The smallest absolute Gasteiger partial charge is 0.327 e. The van der Waals surface area contributed by atoms with Crippen LogP contribution < -0.4 is 19.1 Å². The van der Waals surface area contributed by atoms with Crippen molar-refractivity contribution < 1.29 is 23.9 Å². The Bertz CT molecular complexity index is 988. The van der Waals surface area contributed by atoms with Gasteiger partial charge in [-0.25, -0.2) is 0 Å². The molecule has 32 heavy (non-hydrogen) atoms. The number of nitrogens with zero attached hydrogens (tertiary/aromatic N) is 3. The lowest BCUT2D eigenvalue weighted by molar-refractivity contribution is -0.386. The molecule has 0 aliphatic carbocycles. The summed E-state index contributed by atoms with van der Waals surface area (Å²) in [6, 6.07) is 9.29. The molecule has 1 amide bonds. The summed E-state index contributed by atoms with van der Waals surface area (Å²) >= 11 is 0. The zero-order valence-corrected chi connectivity index (χ0v) is 18.9. The molecule has 0 N–H and O–H groups in total. The molecule has 1 aliphatic heterocycles. The molecule has 1 fully saturated rings. The third-order valence-corrected chi connectivity index (χ3v) is 5.66. The SMILES string of the molecule is COc1cc(C(=O)N(C)Cc2ccccc2N2CCCCC2)c([N+](=O)[O-])c(OC)c1OC. The van der Waals surface area contributed by atoms with E-state index in [4.69, 9.17) is 14.2 Å². The van der Waals surface area contributed by atoms with Crippen LogP contribution >= 0.6 is 0 Å². The average Bonchev–Trinajstić information content (AvgIpc) is 2.82. The number of amides is 1. The second-order valence-corrected chi connectivity index (χ2v) is 7.64. The molecule has 0 saturated carbocycles. The van der Waals surface area contributed by atoms with E-state index < -0.39 is 16.5 Å². The van der Waals surface area contributed by atoms with Crippen molar-refractivity contribution in [1.82, 2.24) is 4.90 Å². The predicted octanol–water partition coefficient (Wildman–Crippen LogP) is 3.88. The van der Waals surface area contributed by atoms with Crippen LogP contribution in [-0.2, 0) is 6.54 Å². The summed E-state index contributed by atoms with van der Waals surface area (Å²) in [6.45, 7) is 2.26. The number of para-hydroxylation sites is 1. The first-order chi connectivity index (χ1) is 15.4. The maximum atomic E-state index is 13.4. The van der Waals surface area contributed by atoms with Gasteiger partial charge in [-0.05, 0) is 30.9 Å². The van der Waals surface area contributed by atoms with Gasteiger partial charge in [0.1, 0.15) is 5.56 Å². The molecule has 9 heteroatoms. The molecule has 1 saturated heterocycles. The molecule has 0 aromatic heterocycles. The molecular weight excluding hydrogens is 414 g/mol. The van der Waals surface area contributed by atoms with E-state index in [9.17, 15) is 14.9 Å². The molecule has 2 aromatic carbocycles. The van der Waals surface area contributed by atoms with Crippen LogP contribution in [0.3, 0.4) is 0 Å². The summed E-state index contributed by atoms with van der Waals surface area (Å²) in [7, 11) is 5.67. The van der Waals surface area contributed by atoms with Gasteiger partial charge in [0.25, 0.3) is 5.91 Å². The van der Waals surface area contributed by atoms with E-state index in [1.807, 2.05) is 18.2 Å². The number of rotatable bonds is 8. The van der Waals surface area contributed by atoms with E-state index in [1.165, 1.54) is 38.7 Å². The van der Waals surface area contributed by atoms with E-state index in [2.05, 4.69) is 11.0 Å². The van der Waals surface area contributed by atoms with Gasteiger partial charge in [-0.3, -0.25) is 14.9 Å². The standard InChI is InChI=1S/C23H29N3O6/c1-24(15-16-10-6-7-11-18(16)25-12-8-5-9-13-25)23(27)17-14-19(30-2)21(31-3)22(32-4)20(17)26(28)29/h6-7,10-11,14H,5,8-9,12-13,15H2,1-4H3. The summed E-state index contributed by atoms with van der Waals surface area (Å²) in [5.74, 6) is -0.413. The number of carbonyl (C=O) groups is 1. The summed E-state index contributed by atoms with van der Waals surface area (Å²) in [5, 5.41) is 11.9. The highest BCUT2D eigenvalue weighted by molar-refractivity contribution is 6.00. The van der Waals surface area contributed by atoms with Crippen LogP contribution in [-0.4, -0.2) is 57.2 Å². The summed E-state index contributed by atoms with van der Waals surface area (Å²) in [6.07, 6.45) is 3.50. The lowest BCUT2D eigenvalue weighted by Crippen LogP contribution is -2.32. The zero-order chi connectivity index (χ0) is 23.3. The van der Waals surface area contributed by atoms with Crippen molar-refractivity contribution in [2.75, 3.05) is 46.4 Å². The van der Waals surface area contributed by atoms with Gasteiger partial charge in [-0.1, -0.05) is 18.2 Å². The van der Waals surface area contributed by atoms with E-state index in [0.717, 1.165) is 37.2 Å². The summed E-state index contributed by atoms with van der Waals surface area (Å²) in [4.78, 5) is 28.4. The number of methoxy groups -OCH3 is 3. The molecule has 1 heterocycles. The molecular formula is C23H29N3O6. The van der Waals surface area contributed by atoms with Crippen LogP contribution in [0.15, 0.2) is 30.3 Å². The monoisotopic (exact) mass is 443 g/mol. The number of hydrogen-bond acceptors (Lipinski definition) is 7. The molecule has 2 aromatic rings. The molecule has 9 nitrogen and oxygen atoms in total. The topological polar surface area (TPSA) is 94.4 Å². The molecule has 0 spiro atoms. The van der Waals surface area contributed by atoms with Crippen LogP contribution in [0.25, 0.3) is 0 Å². The lowest BCUT2D eigenvalue weighted by atomic mass is 10.1. The van der Waals surface area contributed by atoms with Crippen molar-refractivity contribution >= 4 is 17.3 Å². The highest BCUT2D eigenvalue weighted by atomic mass is 16.6. The van der Waals surface area contributed by atoms with Crippen molar-refractivity contribution in [1.29, 1.82) is 0 Å². The Kier molecular flexibility index (Phi) is 7.40. The largest absolute Gasteiger partial charge is 0.493 e. The van der Waals surface area contributed by atoms with Crippen molar-refractivity contribution in [2.24, 2.45) is 0 Å². The van der Waals surface area contributed by atoms with E-state index >= 15 is 0 Å². The maximum absolute atomic E-state index is 13.4. The van der Waals surface area contributed by atoms with Crippen LogP contribution in [0.2, 0.25) is 0 Å². The minimum atomic E-state index is -0.635. The van der Waals surface area contributed by atoms with Gasteiger partial charge in [-0.2, -0.15) is 0 Å². The van der Waals surface area contributed by atoms with Gasteiger partial charge in [0.2, 0.25) is 11.5 Å². The van der Waals surface area contributed by atoms with Gasteiger partial charge in [-0.15, -0.1) is 0 Å². The number of anilines is 1. The Labute approximate surface area is 187 Å². The third kappa shape index (κ3) is 4.56. The Balaban J connectivity index is 1.97. The Hall–Kier alpha value is -3.49. The highest BCUT2D eigenvalue weighted by Gasteiger charge is 2.33. The maximum Gasteiger partial charge on any atom is 0.327 e. The lowest BCUT2D eigenvalue weighted by Gasteiger charge is -2.31. The molecule has 1 aliphatic rings. The van der Waals surface area contributed by atoms with Crippen molar-refractivity contribution in [3.8, 4) is 17.2 Å². The van der Waals surface area contributed by atoms with E-state index in [1.54, 1.807) is 7.05 Å². The highest BCUT2D eigenvalue weighted by Crippen LogP contribution is 2.46. The number of carbonyl (C=O) groups excluding carboxylic acids is 1. The molecule has 0 unspecified atom stereocenters. The fraction of sp³-hybridized carbons (Fsp3) is 0.435. The van der Waals surface area contributed by atoms with Crippen molar-refractivity contribution in [3.05, 3.63) is 51.6 Å². The van der Waals surface area contributed by atoms with Crippen molar-refractivity contribution in [3.63, 3.8) is 0 Å². The predicted molar refractivity (Wildman–Crippen MR) is 121 cm³/mol. The average molecular weight is 444 g/mol. The number of ether oxygens (including phenoxy) is 3. The second kappa shape index (κ2) is 10.2. The first-order valence-electron chi connectivity index (χ1n) is 10.5. The van der Waals surface area contributed by atoms with Crippen LogP contribution in [0, 0.1) is 10.1 Å². The number of benzene rings is 2.